The summed E-state index contributed by atoms with van der Waals surface area (Å²) in [6.07, 6.45) is 2.26. The first kappa shape index (κ1) is 16.7. The smallest absolute Gasteiger partial charge is 0.241 e. The molecule has 134 valence electrons. The van der Waals surface area contributed by atoms with E-state index in [9.17, 15) is 4.79 Å². The predicted octanol–water partition coefficient (Wildman–Crippen LogP) is 1.58. The Bertz CT molecular complexity index is 704. The first-order valence-corrected chi connectivity index (χ1v) is 9.75. The average Bonchev–Trinajstić information content (AvgIpc) is 3.10. The average molecular weight is 361 g/mol. The molecule has 2 aliphatic rings. The molecule has 7 nitrogen and oxygen atoms in total. The van der Waals surface area contributed by atoms with Gasteiger partial charge in [-0.25, -0.2) is 0 Å². The third-order valence-corrected chi connectivity index (χ3v) is 5.55. The van der Waals surface area contributed by atoms with E-state index in [-0.39, 0.29) is 11.9 Å². The Morgan fingerprint density at radius 3 is 2.88 bits per heavy atom. The summed E-state index contributed by atoms with van der Waals surface area (Å²) in [5.74, 6) is 1.46. The fraction of sp³-hybridized carbons (Fsp3) is 0.588. The second-order valence-corrected chi connectivity index (χ2v) is 7.57. The Morgan fingerprint density at radius 1 is 1.40 bits per heavy atom. The van der Waals surface area contributed by atoms with Crippen LogP contribution in [0.25, 0.3) is 11.4 Å². The van der Waals surface area contributed by atoms with Gasteiger partial charge in [-0.2, -0.15) is 16.3 Å². The Labute approximate surface area is 151 Å². The standard InChI is InChI=1S/C17H23N5O2S/c1-12(17(23)18-14-2-3-14)22-7-5-21(6-8-22)10-15-19-16(20-24-15)13-4-9-25-11-13/h4,9,11-12,14H,2-3,5-8,10H2,1H3,(H,18,23). The molecule has 1 atom stereocenters. The summed E-state index contributed by atoms with van der Waals surface area (Å²) in [5.41, 5.74) is 1.00. The van der Waals surface area contributed by atoms with E-state index in [2.05, 4.69) is 25.3 Å². The molecule has 0 aromatic carbocycles. The van der Waals surface area contributed by atoms with Crippen LogP contribution >= 0.6 is 11.3 Å². The number of nitrogens with one attached hydrogen (secondary N) is 1. The van der Waals surface area contributed by atoms with Crippen molar-refractivity contribution in [2.45, 2.75) is 38.4 Å². The van der Waals surface area contributed by atoms with Crippen LogP contribution in [0.15, 0.2) is 21.3 Å². The van der Waals surface area contributed by atoms with E-state index in [1.807, 2.05) is 23.8 Å². The van der Waals surface area contributed by atoms with Crippen molar-refractivity contribution in [1.82, 2.24) is 25.3 Å². The number of carbonyl (C=O) groups is 1. The maximum absolute atomic E-state index is 12.2. The molecule has 25 heavy (non-hydrogen) atoms. The van der Waals surface area contributed by atoms with Gasteiger partial charge >= 0.3 is 0 Å². The largest absolute Gasteiger partial charge is 0.352 e. The molecular formula is C17H23N5O2S. The lowest BCUT2D eigenvalue weighted by Gasteiger charge is -2.36. The molecule has 1 amide bonds. The number of thiophene rings is 1. The summed E-state index contributed by atoms with van der Waals surface area (Å²) >= 11 is 1.62. The van der Waals surface area contributed by atoms with Crippen molar-refractivity contribution in [3.63, 3.8) is 0 Å². The van der Waals surface area contributed by atoms with Crippen molar-refractivity contribution in [3.05, 3.63) is 22.7 Å². The molecule has 0 radical (unpaired) electrons. The van der Waals surface area contributed by atoms with Crippen molar-refractivity contribution < 1.29 is 9.32 Å². The highest BCUT2D eigenvalue weighted by atomic mass is 32.1. The monoisotopic (exact) mass is 361 g/mol. The summed E-state index contributed by atoms with van der Waals surface area (Å²) < 4.78 is 5.38. The van der Waals surface area contributed by atoms with Gasteiger partial charge < -0.3 is 9.84 Å². The Morgan fingerprint density at radius 2 is 2.20 bits per heavy atom. The highest BCUT2D eigenvalue weighted by Crippen LogP contribution is 2.20. The van der Waals surface area contributed by atoms with Gasteiger partial charge in [0.15, 0.2) is 0 Å². The fourth-order valence-corrected chi connectivity index (χ4v) is 3.68. The first-order valence-electron chi connectivity index (χ1n) is 8.81. The molecule has 0 bridgehead atoms. The van der Waals surface area contributed by atoms with Crippen LogP contribution in [0.4, 0.5) is 0 Å². The highest BCUT2D eigenvalue weighted by Gasteiger charge is 2.30. The van der Waals surface area contributed by atoms with Gasteiger partial charge in [0.2, 0.25) is 17.6 Å². The van der Waals surface area contributed by atoms with Crippen molar-refractivity contribution in [2.24, 2.45) is 0 Å². The molecule has 1 aliphatic heterocycles. The number of hydrogen-bond donors (Lipinski definition) is 1. The van der Waals surface area contributed by atoms with Crippen LogP contribution in [0.2, 0.25) is 0 Å². The van der Waals surface area contributed by atoms with Crippen LogP contribution in [0.5, 0.6) is 0 Å². The van der Waals surface area contributed by atoms with E-state index >= 15 is 0 Å². The zero-order chi connectivity index (χ0) is 17.2. The molecule has 1 N–H and O–H groups in total. The number of rotatable bonds is 6. The van der Waals surface area contributed by atoms with Crippen LogP contribution in [-0.4, -0.2) is 64.1 Å². The first-order chi connectivity index (χ1) is 12.2. The topological polar surface area (TPSA) is 74.5 Å². The lowest BCUT2D eigenvalue weighted by Crippen LogP contribution is -2.53. The van der Waals surface area contributed by atoms with Gasteiger partial charge in [0, 0.05) is 43.2 Å². The van der Waals surface area contributed by atoms with Gasteiger partial charge in [0.1, 0.15) is 0 Å². The zero-order valence-corrected chi connectivity index (χ0v) is 15.2. The van der Waals surface area contributed by atoms with Gasteiger partial charge in [0.25, 0.3) is 0 Å². The highest BCUT2D eigenvalue weighted by molar-refractivity contribution is 7.08. The molecule has 8 heteroatoms. The van der Waals surface area contributed by atoms with Crippen molar-refractivity contribution in [2.75, 3.05) is 26.2 Å². The van der Waals surface area contributed by atoms with Gasteiger partial charge in [0.05, 0.1) is 12.6 Å². The summed E-state index contributed by atoms with van der Waals surface area (Å²) in [6, 6.07) is 2.36. The van der Waals surface area contributed by atoms with Gasteiger partial charge in [-0.1, -0.05) is 5.16 Å². The lowest BCUT2D eigenvalue weighted by atomic mass is 10.2. The van der Waals surface area contributed by atoms with Crippen LogP contribution in [0, 0.1) is 0 Å². The van der Waals surface area contributed by atoms with E-state index in [0.717, 1.165) is 44.6 Å². The molecule has 4 rings (SSSR count). The van der Waals surface area contributed by atoms with Crippen molar-refractivity contribution in [1.29, 1.82) is 0 Å². The Hall–Kier alpha value is -1.77. The number of carbonyl (C=O) groups excluding carboxylic acids is 1. The van der Waals surface area contributed by atoms with Crippen molar-refractivity contribution >= 4 is 17.2 Å². The minimum Gasteiger partial charge on any atom is -0.352 e. The molecule has 2 aromatic rings. The molecule has 1 saturated heterocycles. The summed E-state index contributed by atoms with van der Waals surface area (Å²) in [5, 5.41) is 11.2. The minimum atomic E-state index is -0.0589. The fourth-order valence-electron chi connectivity index (χ4n) is 3.04. The normalized spacial score (nSPS) is 20.5. The molecular weight excluding hydrogens is 338 g/mol. The van der Waals surface area contributed by atoms with Gasteiger partial charge in [-0.05, 0) is 31.2 Å². The van der Waals surface area contributed by atoms with Crippen molar-refractivity contribution in [3.8, 4) is 11.4 Å². The molecule has 0 spiro atoms. The Kier molecular flexibility index (Phi) is 4.82. The second kappa shape index (κ2) is 7.23. The molecule has 2 fully saturated rings. The molecule has 1 saturated carbocycles. The maximum atomic E-state index is 12.2. The summed E-state index contributed by atoms with van der Waals surface area (Å²) in [7, 11) is 0. The second-order valence-electron chi connectivity index (χ2n) is 6.79. The number of hydrogen-bond acceptors (Lipinski definition) is 7. The third-order valence-electron chi connectivity index (χ3n) is 4.86. The van der Waals surface area contributed by atoms with Crippen LogP contribution < -0.4 is 5.32 Å². The number of aromatic nitrogens is 2. The maximum Gasteiger partial charge on any atom is 0.241 e. The van der Waals surface area contributed by atoms with E-state index < -0.39 is 0 Å². The summed E-state index contributed by atoms with van der Waals surface area (Å²) in [4.78, 5) is 21.2. The molecule has 1 unspecified atom stereocenters. The van der Waals surface area contributed by atoms with Crippen LogP contribution in [0.3, 0.4) is 0 Å². The van der Waals surface area contributed by atoms with Crippen LogP contribution in [-0.2, 0) is 11.3 Å². The van der Waals surface area contributed by atoms with E-state index in [1.54, 1.807) is 11.3 Å². The number of amides is 1. The zero-order valence-electron chi connectivity index (χ0n) is 14.4. The van der Waals surface area contributed by atoms with E-state index in [0.29, 0.717) is 24.3 Å². The number of piperazine rings is 1. The minimum absolute atomic E-state index is 0.0589. The van der Waals surface area contributed by atoms with E-state index in [4.69, 9.17) is 4.52 Å². The molecule has 1 aliphatic carbocycles. The SMILES string of the molecule is CC(C(=O)NC1CC1)N1CCN(Cc2nc(-c3ccsc3)no2)CC1. The number of nitrogens with zero attached hydrogens (tertiary/aromatic N) is 4. The predicted molar refractivity (Wildman–Crippen MR) is 95.1 cm³/mol. The van der Waals surface area contributed by atoms with Gasteiger partial charge in [-0.15, -0.1) is 0 Å². The molecule has 2 aromatic heterocycles. The van der Waals surface area contributed by atoms with E-state index in [1.165, 1.54) is 0 Å². The molecule has 3 heterocycles. The Balaban J connectivity index is 1.26. The van der Waals surface area contributed by atoms with Gasteiger partial charge in [-0.3, -0.25) is 14.6 Å². The third kappa shape index (κ3) is 4.08. The van der Waals surface area contributed by atoms with Crippen LogP contribution in [0.1, 0.15) is 25.7 Å². The quantitative estimate of drug-likeness (QED) is 0.842. The summed E-state index contributed by atoms with van der Waals surface area (Å²) in [6.45, 7) is 6.22. The lowest BCUT2D eigenvalue weighted by molar-refractivity contribution is -0.126.